The first-order valence-electron chi connectivity index (χ1n) is 6.56. The SMILES string of the molecule is C=CC[C@H]1CC[C@@H](N(C(=O)O)C(C)(C)C)[C@@H](C)O1.N. The van der Waals surface area contributed by atoms with E-state index in [4.69, 9.17) is 4.74 Å². The maximum Gasteiger partial charge on any atom is 0.408 e. The fraction of sp³-hybridized carbons (Fsp3) is 0.786. The fourth-order valence-electron chi connectivity index (χ4n) is 2.68. The van der Waals surface area contributed by atoms with E-state index < -0.39 is 11.6 Å². The Bertz CT molecular complexity index is 312. The minimum atomic E-state index is -0.870. The number of rotatable bonds is 3. The molecule has 1 fully saturated rings. The number of hydrogen-bond donors (Lipinski definition) is 2. The van der Waals surface area contributed by atoms with E-state index >= 15 is 0 Å². The summed E-state index contributed by atoms with van der Waals surface area (Å²) in [5.41, 5.74) is -0.403. The van der Waals surface area contributed by atoms with E-state index in [0.717, 1.165) is 19.3 Å². The van der Waals surface area contributed by atoms with Gasteiger partial charge in [-0.1, -0.05) is 6.08 Å². The second-order valence-corrected chi connectivity index (χ2v) is 5.96. The van der Waals surface area contributed by atoms with Crippen LogP contribution in [0.3, 0.4) is 0 Å². The summed E-state index contributed by atoms with van der Waals surface area (Å²) in [6, 6.07) is -0.0661. The first-order chi connectivity index (χ1) is 8.27. The van der Waals surface area contributed by atoms with Gasteiger partial charge in [0.15, 0.2) is 0 Å². The van der Waals surface area contributed by atoms with Gasteiger partial charge in [-0.05, 0) is 47.0 Å². The van der Waals surface area contributed by atoms with Crippen molar-refractivity contribution < 1.29 is 14.6 Å². The Kier molecular flexibility index (Phi) is 6.52. The van der Waals surface area contributed by atoms with E-state index in [9.17, 15) is 9.90 Å². The van der Waals surface area contributed by atoms with Crippen LogP contribution in [0.5, 0.6) is 0 Å². The van der Waals surface area contributed by atoms with Crippen molar-refractivity contribution in [1.29, 1.82) is 0 Å². The highest BCUT2D eigenvalue weighted by Gasteiger charge is 2.39. The molecule has 0 saturated carbocycles. The second kappa shape index (κ2) is 6.91. The van der Waals surface area contributed by atoms with Crippen LogP contribution in [-0.2, 0) is 4.74 Å². The van der Waals surface area contributed by atoms with Gasteiger partial charge in [-0.2, -0.15) is 0 Å². The van der Waals surface area contributed by atoms with E-state index in [1.165, 1.54) is 4.90 Å². The van der Waals surface area contributed by atoms with Crippen LogP contribution in [0.4, 0.5) is 4.79 Å². The monoisotopic (exact) mass is 272 g/mol. The molecule has 1 aliphatic rings. The number of carbonyl (C=O) groups is 1. The number of amides is 1. The van der Waals surface area contributed by atoms with Crippen molar-refractivity contribution in [2.24, 2.45) is 0 Å². The molecule has 0 aromatic carbocycles. The van der Waals surface area contributed by atoms with Crippen molar-refractivity contribution in [3.63, 3.8) is 0 Å². The van der Waals surface area contributed by atoms with Crippen molar-refractivity contribution in [3.8, 4) is 0 Å². The molecule has 0 aliphatic carbocycles. The van der Waals surface area contributed by atoms with Crippen molar-refractivity contribution >= 4 is 6.09 Å². The van der Waals surface area contributed by atoms with E-state index in [1.54, 1.807) is 0 Å². The molecule has 1 aliphatic heterocycles. The predicted octanol–water partition coefficient (Wildman–Crippen LogP) is 3.44. The summed E-state index contributed by atoms with van der Waals surface area (Å²) < 4.78 is 5.89. The molecule has 1 rings (SSSR count). The molecule has 1 amide bonds. The zero-order chi connectivity index (χ0) is 13.9. The highest BCUT2D eigenvalue weighted by Crippen LogP contribution is 2.30. The number of carboxylic acid groups (broad SMARTS) is 1. The summed E-state index contributed by atoms with van der Waals surface area (Å²) >= 11 is 0. The van der Waals surface area contributed by atoms with E-state index in [0.29, 0.717) is 0 Å². The minimum Gasteiger partial charge on any atom is -0.465 e. The highest BCUT2D eigenvalue weighted by molar-refractivity contribution is 5.66. The second-order valence-electron chi connectivity index (χ2n) is 5.96. The van der Waals surface area contributed by atoms with E-state index in [1.807, 2.05) is 33.8 Å². The lowest BCUT2D eigenvalue weighted by atomic mass is 9.93. The minimum absolute atomic E-state index is 0. The third kappa shape index (κ3) is 4.51. The summed E-state index contributed by atoms with van der Waals surface area (Å²) in [4.78, 5) is 13.0. The molecule has 0 aromatic rings. The molecule has 4 N–H and O–H groups in total. The third-order valence-electron chi connectivity index (χ3n) is 3.42. The molecule has 1 saturated heterocycles. The number of ether oxygens (including phenoxy) is 1. The third-order valence-corrected chi connectivity index (χ3v) is 3.42. The van der Waals surface area contributed by atoms with Crippen molar-refractivity contribution in [1.82, 2.24) is 11.1 Å². The summed E-state index contributed by atoms with van der Waals surface area (Å²) in [6.45, 7) is 11.4. The van der Waals surface area contributed by atoms with Crippen LogP contribution in [0.15, 0.2) is 12.7 Å². The van der Waals surface area contributed by atoms with Gasteiger partial charge in [-0.15, -0.1) is 6.58 Å². The molecule has 5 heteroatoms. The summed E-state index contributed by atoms with van der Waals surface area (Å²) in [5, 5.41) is 9.40. The average molecular weight is 272 g/mol. The fourth-order valence-corrected chi connectivity index (χ4v) is 2.68. The van der Waals surface area contributed by atoms with Gasteiger partial charge in [0.2, 0.25) is 0 Å². The zero-order valence-corrected chi connectivity index (χ0v) is 12.6. The molecule has 5 nitrogen and oxygen atoms in total. The topological polar surface area (TPSA) is 84.8 Å². The summed E-state index contributed by atoms with van der Waals surface area (Å²) in [6.07, 6.45) is 3.67. The quantitative estimate of drug-likeness (QED) is 0.771. The molecule has 3 atom stereocenters. The maximum atomic E-state index is 11.5. The highest BCUT2D eigenvalue weighted by atomic mass is 16.5. The molecule has 19 heavy (non-hydrogen) atoms. The van der Waals surface area contributed by atoms with Crippen LogP contribution in [0, 0.1) is 0 Å². The van der Waals surface area contributed by atoms with E-state index in [2.05, 4.69) is 6.58 Å². The Morgan fingerprint density at radius 3 is 2.42 bits per heavy atom. The van der Waals surface area contributed by atoms with Gasteiger partial charge in [0.1, 0.15) is 0 Å². The summed E-state index contributed by atoms with van der Waals surface area (Å²) in [5.74, 6) is 0. The Balaban J connectivity index is 0.00000324. The zero-order valence-electron chi connectivity index (χ0n) is 12.6. The van der Waals surface area contributed by atoms with Gasteiger partial charge in [0.25, 0.3) is 0 Å². The van der Waals surface area contributed by atoms with Crippen molar-refractivity contribution in [2.75, 3.05) is 0 Å². The smallest absolute Gasteiger partial charge is 0.408 e. The van der Waals surface area contributed by atoms with Crippen LogP contribution < -0.4 is 6.15 Å². The molecule has 0 radical (unpaired) electrons. The molecule has 0 bridgehead atoms. The van der Waals surface area contributed by atoms with Gasteiger partial charge in [-0.25, -0.2) is 4.79 Å². The molecule has 0 aromatic heterocycles. The predicted molar refractivity (Wildman–Crippen MR) is 76.8 cm³/mol. The van der Waals surface area contributed by atoms with Crippen LogP contribution in [0.2, 0.25) is 0 Å². The first-order valence-corrected chi connectivity index (χ1v) is 6.56. The lowest BCUT2D eigenvalue weighted by Crippen LogP contribution is -2.57. The van der Waals surface area contributed by atoms with Gasteiger partial charge in [-0.3, -0.25) is 4.90 Å². The van der Waals surface area contributed by atoms with Gasteiger partial charge < -0.3 is 16.0 Å². The standard InChI is InChI=1S/C14H25NO3.H3N/c1-6-7-11-8-9-12(10(2)18-11)15(13(16)17)14(3,4)5;/h6,10-12H,1,7-9H2,2-5H3,(H,16,17);1H3/t10-,11+,12-;/m1./s1. The summed E-state index contributed by atoms with van der Waals surface area (Å²) in [7, 11) is 0. The lowest BCUT2D eigenvalue weighted by molar-refractivity contribution is -0.0965. The molecule has 1 heterocycles. The normalized spacial score (nSPS) is 27.3. The Hall–Kier alpha value is -1.07. The lowest BCUT2D eigenvalue weighted by Gasteiger charge is -2.45. The molecule has 0 spiro atoms. The van der Waals surface area contributed by atoms with Crippen LogP contribution in [0.25, 0.3) is 0 Å². The Morgan fingerprint density at radius 1 is 1.47 bits per heavy atom. The largest absolute Gasteiger partial charge is 0.465 e. The first kappa shape index (κ1) is 17.9. The number of nitrogens with zero attached hydrogens (tertiary/aromatic N) is 1. The average Bonchev–Trinajstić information content (AvgIpc) is 2.19. The van der Waals surface area contributed by atoms with Gasteiger partial charge in [0.05, 0.1) is 18.2 Å². The Labute approximate surface area is 116 Å². The van der Waals surface area contributed by atoms with Crippen molar-refractivity contribution in [3.05, 3.63) is 12.7 Å². The molecular weight excluding hydrogens is 244 g/mol. The van der Waals surface area contributed by atoms with Crippen molar-refractivity contribution in [2.45, 2.75) is 70.7 Å². The number of hydrogen-bond acceptors (Lipinski definition) is 3. The molecule has 112 valence electrons. The molecular formula is C14H28N2O3. The van der Waals surface area contributed by atoms with E-state index in [-0.39, 0.29) is 24.4 Å². The Morgan fingerprint density at radius 2 is 2.05 bits per heavy atom. The van der Waals surface area contributed by atoms with Crippen LogP contribution in [-0.4, -0.2) is 39.9 Å². The molecule has 0 unspecified atom stereocenters. The maximum absolute atomic E-state index is 11.5. The van der Waals surface area contributed by atoms with Crippen LogP contribution in [0.1, 0.15) is 47.0 Å². The van der Waals surface area contributed by atoms with Gasteiger partial charge >= 0.3 is 6.09 Å². The van der Waals surface area contributed by atoms with Gasteiger partial charge in [0, 0.05) is 5.54 Å². The van der Waals surface area contributed by atoms with Crippen LogP contribution >= 0.6 is 0 Å².